The molecule has 38 fully saturated rings. The van der Waals surface area contributed by atoms with Crippen LogP contribution in [-0.4, -0.2) is 7.85 Å². The maximum absolute atomic E-state index is 3.40. The van der Waals surface area contributed by atoms with Crippen LogP contribution in [0.15, 0.2) is 0 Å². The Labute approximate surface area is 328 Å². The summed E-state index contributed by atoms with van der Waals surface area (Å²) in [5.74, 6) is 29.3. The summed E-state index contributed by atoms with van der Waals surface area (Å²) in [6, 6.07) is 0. The van der Waals surface area contributed by atoms with Crippen LogP contribution in [0.3, 0.4) is 0 Å². The Morgan fingerprint density at radius 2 is 1.02 bits per heavy atom. The first kappa shape index (κ1) is 20.3. The van der Waals surface area contributed by atoms with Crippen LogP contribution in [0, 0.1) is 276 Å². The van der Waals surface area contributed by atoms with Crippen LogP contribution in [0.5, 0.6) is 0 Å². The second-order valence-corrected chi connectivity index (χ2v) is 36.7. The summed E-state index contributed by atoms with van der Waals surface area (Å²) in [5.41, 5.74) is 28.2. The zero-order chi connectivity index (χ0) is 32.8. The van der Waals surface area contributed by atoms with Crippen molar-refractivity contribution in [1.29, 1.82) is 0 Å². The van der Waals surface area contributed by atoms with Gasteiger partial charge in [0, 0.05) is 0 Å². The minimum atomic E-state index is 0.831. The van der Waals surface area contributed by atoms with Gasteiger partial charge in [-0.2, -0.15) is 0 Å². The lowest BCUT2D eigenvalue weighted by Gasteiger charge is -3.66. The van der Waals surface area contributed by atoms with Crippen LogP contribution in [-0.2, 0) is 0 Å². The minimum Gasteiger partial charge on any atom is -0.0617 e. The molecular weight excluding hydrogens is 683 g/mol. The minimum absolute atomic E-state index is 0.831. The molecule has 38 rings (SSSR count). The van der Waals surface area contributed by atoms with Gasteiger partial charge in [0.05, 0.1) is 0 Å². The molecule has 0 saturated heterocycles. The maximum atomic E-state index is 3.40. The third-order valence-corrected chi connectivity index (χ3v) is 48.5. The summed E-state index contributed by atoms with van der Waals surface area (Å²) < 4.78 is 0. The second kappa shape index (κ2) is 3.02. The molecule has 0 bridgehead atoms. The number of rotatable bonds is 0. The quantitative estimate of drug-likeness (QED) is 0.318. The first-order chi connectivity index (χ1) is 27.9. The van der Waals surface area contributed by atoms with Gasteiger partial charge in [-0.1, -0.05) is 20.8 Å². The van der Waals surface area contributed by atoms with Crippen LogP contribution in [0.1, 0.15) is 40.0 Å². The highest BCUT2D eigenvalue weighted by Gasteiger charge is 3.69. The number of hydrogen-bond acceptors (Lipinski definition) is 0. The fourth-order valence-electron chi connectivity index (χ4n) is 61.3. The van der Waals surface area contributed by atoms with E-state index in [-0.39, 0.29) is 0 Å². The van der Waals surface area contributed by atoms with Crippen molar-refractivity contribution in [3.8, 4) is 0 Å². The van der Waals surface area contributed by atoms with Crippen molar-refractivity contribution in [1.82, 2.24) is 0 Å². The summed E-state index contributed by atoms with van der Waals surface area (Å²) in [7, 11) is 3.40. The molecule has 48 unspecified atom stereocenters. The summed E-state index contributed by atoms with van der Waals surface area (Å²) in [4.78, 5) is 0. The van der Waals surface area contributed by atoms with E-state index in [4.69, 9.17) is 0 Å². The predicted molar refractivity (Wildman–Crippen MR) is 185 cm³/mol. The van der Waals surface area contributed by atoms with E-state index in [1.165, 1.54) is 124 Å². The lowest BCUT2D eigenvalue weighted by molar-refractivity contribution is -1.22. The van der Waals surface area contributed by atoms with Gasteiger partial charge in [-0.05, 0) is 301 Å². The van der Waals surface area contributed by atoms with Crippen molar-refractivity contribution in [2.45, 2.75) is 45.3 Å². The SMILES string of the molecule is BC12C3CC4C5C6C7CC8C9C%10C%11C%12%13C%10%14C9%10C78C67C56C4C4C35C3C8C1C19C%15%16C2C2CC%17C%18C%19[C@@H](C)C%20(C)C%21C%22C%23%24C%21%25C%19%20C%18(C%172%15)C%16%25C1%23C1(C89C32C53C46C7%10C%143C2%121)C%24%13[C@]%22%11C. The average Bonchev–Trinajstić information content (AvgIpc) is 3.25. The maximum Gasteiger partial charge on any atom is 0.110 e. The van der Waals surface area contributed by atoms with Gasteiger partial charge in [0.2, 0.25) is 0 Å². The molecule has 25 spiro atoms. The Morgan fingerprint density at radius 3 is 1.91 bits per heavy atom. The van der Waals surface area contributed by atoms with Gasteiger partial charge in [0.25, 0.3) is 0 Å². The fourth-order valence-corrected chi connectivity index (χ4v) is 61.3. The van der Waals surface area contributed by atoms with Crippen molar-refractivity contribution in [2.24, 2.45) is 276 Å². The Bertz CT molecular complexity index is 3750. The number of fused-ring (bicyclic) bond motifs is 15. The largest absolute Gasteiger partial charge is 0.110 e. The van der Waals surface area contributed by atoms with E-state index < -0.39 is 0 Å². The molecule has 1 heteroatoms. The Hall–Kier alpha value is 0.0649. The molecule has 57 heavy (non-hydrogen) atoms. The molecule has 0 radical (unpaired) electrons. The molecule has 0 nitrogen and oxygen atoms in total. The molecule has 266 valence electrons. The molecule has 38 aliphatic rings. The van der Waals surface area contributed by atoms with Crippen LogP contribution < -0.4 is 0 Å². The lowest BCUT2D eigenvalue weighted by atomic mass is 8.36. The normalized spacial score (nSPS) is 137. The molecule has 0 aromatic rings. The Kier molecular flexibility index (Phi) is 1.08. The van der Waals surface area contributed by atoms with E-state index in [0.29, 0.717) is 0 Å². The summed E-state index contributed by atoms with van der Waals surface area (Å²) in [6.45, 7) is 9.45. The van der Waals surface area contributed by atoms with Gasteiger partial charge in [-0.15, -0.1) is 0 Å². The van der Waals surface area contributed by atoms with E-state index in [2.05, 4.69) is 28.6 Å². The van der Waals surface area contributed by atoms with Gasteiger partial charge < -0.3 is 0 Å². The molecule has 0 amide bonds. The Balaban J connectivity index is 0.845. The van der Waals surface area contributed by atoms with E-state index in [1.54, 1.807) is 0 Å². The zero-order valence-electron chi connectivity index (χ0n) is 32.8. The van der Waals surface area contributed by atoms with Gasteiger partial charge in [0.15, 0.2) is 0 Å². The van der Waals surface area contributed by atoms with Crippen molar-refractivity contribution in [3.63, 3.8) is 0 Å². The zero-order valence-corrected chi connectivity index (χ0v) is 32.8. The molecule has 38 aliphatic carbocycles. The molecule has 0 heterocycles. The van der Waals surface area contributed by atoms with E-state index in [9.17, 15) is 0 Å². The highest BCUT2D eigenvalue weighted by Crippen LogP contribution is 3.70. The van der Waals surface area contributed by atoms with E-state index in [0.717, 1.165) is 157 Å². The molecule has 0 aliphatic heterocycles. The monoisotopic (exact) mass is 722 g/mol. The molecule has 0 aromatic heterocycles. The summed E-state index contributed by atoms with van der Waals surface area (Å²) >= 11 is 0. The summed E-state index contributed by atoms with van der Waals surface area (Å²) in [5, 5.41) is 0.857. The highest BCUT2D eigenvalue weighted by atomic mass is 15.7. The Morgan fingerprint density at radius 1 is 0.368 bits per heavy atom. The third kappa shape index (κ3) is 0.446. The van der Waals surface area contributed by atoms with Crippen LogP contribution in [0.25, 0.3) is 0 Å². The van der Waals surface area contributed by atoms with Crippen LogP contribution in [0.4, 0.5) is 0 Å². The van der Waals surface area contributed by atoms with Gasteiger partial charge in [-0.3, -0.25) is 0 Å². The van der Waals surface area contributed by atoms with Crippen molar-refractivity contribution in [3.05, 3.63) is 0 Å². The van der Waals surface area contributed by atoms with Gasteiger partial charge in [-0.25, -0.2) is 0 Å². The fraction of sp³-hybridized carbons (Fsp3) is 1.00. The third-order valence-electron chi connectivity index (χ3n) is 48.5. The molecule has 50 atom stereocenters. The van der Waals surface area contributed by atoms with E-state index in [1.807, 2.05) is 19.3 Å². The van der Waals surface area contributed by atoms with Crippen LogP contribution in [0.2, 0.25) is 5.31 Å². The van der Waals surface area contributed by atoms with Crippen molar-refractivity contribution in [2.75, 3.05) is 0 Å². The average molecular weight is 723 g/mol. The first-order valence-corrected chi connectivity index (χ1v) is 27.9. The van der Waals surface area contributed by atoms with Crippen molar-refractivity contribution >= 4 is 7.85 Å². The lowest BCUT2D eigenvalue weighted by Crippen LogP contribution is -3.65. The number of hydrogen-bond donors (Lipinski definition) is 0. The van der Waals surface area contributed by atoms with Crippen LogP contribution >= 0.6 is 0 Å². The smallest absolute Gasteiger partial charge is 0.0617 e. The standard InChI is InChI=1S/C56H39B/c1-7-14-17-11-6-12-22-32(57)13-4-8-15-18-9-5-10-19-20-23-30(3)28-27-29(7,2)36(14)38(17)34(11,12)42(22)44-26(32)21-25-31(13)24-16(8)35(15)37(18)33(9,10)39(19)40(20)46(23)49(30)48(28)45(27,36)52(38,42)53(44,48)55(49)41(21,44)47(25)50(31)43(24,35)51(37,39)56(40,50)54(46,47)55/h7-28H,4-6,57H2,1-3H3/t7-,8?,9?,10?,11?,12?,13?,14?,15?,16?,17?,18?,19?,20?,21?,22?,23?,24?,25?,26?,27?,28?,29?,30+,31?,32?,33?,34?,35?,36?,37?,38?,39?,40?,41?,42?,43?,44?,45?,46?,47?,48?,49?,50?,51?,52?,53?,54?,55?,56?/m1/s1. The van der Waals surface area contributed by atoms with Gasteiger partial charge in [0.1, 0.15) is 7.85 Å². The van der Waals surface area contributed by atoms with Crippen molar-refractivity contribution < 1.29 is 0 Å². The predicted octanol–water partition coefficient (Wildman–Crippen LogP) is 4.71. The molecule has 38 saturated carbocycles. The molecular formula is C56H39B. The summed E-state index contributed by atoms with van der Waals surface area (Å²) in [6.07, 6.45) is 5.60. The topological polar surface area (TPSA) is 0 Å². The van der Waals surface area contributed by atoms with Gasteiger partial charge >= 0.3 is 0 Å². The second-order valence-electron chi connectivity index (χ2n) is 36.7. The highest BCUT2D eigenvalue weighted by molar-refractivity contribution is 6.22. The molecule has 0 N–H and O–H groups in total. The first-order valence-electron chi connectivity index (χ1n) is 27.9. The van der Waals surface area contributed by atoms with E-state index >= 15 is 0 Å². The molecule has 0 aromatic carbocycles.